The molecule has 232 valence electrons. The Hall–Kier alpha value is -4.23. The van der Waals surface area contributed by atoms with Crippen LogP contribution in [-0.4, -0.2) is 67.7 Å². The first kappa shape index (κ1) is 31.7. The molecule has 1 aromatic carbocycles. The molecule has 2 fully saturated rings. The molecule has 1 N–H and O–H groups in total. The third kappa shape index (κ3) is 7.79. The summed E-state index contributed by atoms with van der Waals surface area (Å²) in [5.41, 5.74) is -0.290. The van der Waals surface area contributed by atoms with E-state index in [-0.39, 0.29) is 29.0 Å². The van der Waals surface area contributed by atoms with Gasteiger partial charge in [-0.3, -0.25) is 14.4 Å². The largest absolute Gasteiger partial charge is 0.870 e. The van der Waals surface area contributed by atoms with Gasteiger partial charge in [0.05, 0.1) is 23.7 Å². The van der Waals surface area contributed by atoms with Crippen LogP contribution in [-0.2, 0) is 28.3 Å². The van der Waals surface area contributed by atoms with Gasteiger partial charge in [-0.25, -0.2) is 9.59 Å². The van der Waals surface area contributed by atoms with Gasteiger partial charge < -0.3 is 38.2 Å². The lowest BCUT2D eigenvalue weighted by Gasteiger charge is -2.39. The first-order valence-electron chi connectivity index (χ1n) is 14.2. The summed E-state index contributed by atoms with van der Waals surface area (Å²) in [6.45, 7) is 10.8. The summed E-state index contributed by atoms with van der Waals surface area (Å²) >= 11 is 0. The van der Waals surface area contributed by atoms with Crippen LogP contribution in [0, 0.1) is 5.92 Å². The number of rotatable bonds is 8. The van der Waals surface area contributed by atoms with Gasteiger partial charge in [0.1, 0.15) is 11.2 Å². The van der Waals surface area contributed by atoms with Crippen molar-refractivity contribution in [2.24, 2.45) is 5.92 Å². The highest BCUT2D eigenvalue weighted by Gasteiger charge is 2.37. The van der Waals surface area contributed by atoms with Crippen molar-refractivity contribution in [3.63, 3.8) is 0 Å². The molecule has 1 amide bonds. The number of alkyl carbamates (subject to hydrolysis) is 1. The second kappa shape index (κ2) is 12.6. The van der Waals surface area contributed by atoms with Crippen molar-refractivity contribution in [3.8, 4) is 5.75 Å². The summed E-state index contributed by atoms with van der Waals surface area (Å²) < 4.78 is 27.8. The molecule has 1 saturated carbocycles. The van der Waals surface area contributed by atoms with E-state index in [0.29, 0.717) is 24.4 Å². The van der Waals surface area contributed by atoms with E-state index in [2.05, 4.69) is 17.1 Å². The Bertz CT molecular complexity index is 1460. The Morgan fingerprint density at radius 2 is 1.65 bits per heavy atom. The van der Waals surface area contributed by atoms with Crippen molar-refractivity contribution >= 4 is 47.9 Å². The van der Waals surface area contributed by atoms with Crippen LogP contribution in [0.15, 0.2) is 23.1 Å². The van der Waals surface area contributed by atoms with Crippen LogP contribution >= 0.6 is 0 Å². The number of hydrogen-bond acceptors (Lipinski definition) is 11. The summed E-state index contributed by atoms with van der Waals surface area (Å²) in [6.07, 6.45) is 3.34. The maximum Gasteiger partial charge on any atom is 0.870 e. The number of hydrogen-bond donors (Lipinski definition) is 1. The molecule has 13 nitrogen and oxygen atoms in total. The molecule has 1 aromatic heterocycles. The highest BCUT2D eigenvalue weighted by atomic mass is 16.8. The number of benzene rings is 1. The first-order chi connectivity index (χ1) is 20.2. The van der Waals surface area contributed by atoms with Crippen LogP contribution in [0.3, 0.4) is 0 Å². The zero-order chi connectivity index (χ0) is 31.6. The summed E-state index contributed by atoms with van der Waals surface area (Å²) in [6, 6.07) is 3.23. The number of carbonyl (C=O) groups is 4. The summed E-state index contributed by atoms with van der Waals surface area (Å²) in [5.74, 6) is -2.11. The molecule has 1 aliphatic carbocycles. The van der Waals surface area contributed by atoms with Gasteiger partial charge in [-0.1, -0.05) is 6.92 Å². The van der Waals surface area contributed by atoms with E-state index >= 15 is 0 Å². The lowest BCUT2D eigenvalue weighted by molar-refractivity contribution is -0.139. The predicted molar refractivity (Wildman–Crippen MR) is 157 cm³/mol. The van der Waals surface area contributed by atoms with Gasteiger partial charge >= 0.3 is 19.4 Å². The quantitative estimate of drug-likeness (QED) is 0.445. The Morgan fingerprint density at radius 1 is 1.00 bits per heavy atom. The minimum atomic E-state index is -1.94. The molecule has 2 aromatic rings. The van der Waals surface area contributed by atoms with Crippen molar-refractivity contribution in [1.29, 1.82) is 0 Å². The molecule has 0 unspecified atom stereocenters. The Balaban J connectivity index is 1.71. The molecule has 0 spiro atoms. The number of anilines is 1. The third-order valence-corrected chi connectivity index (χ3v) is 6.94. The molecule has 2 aliphatic rings. The fourth-order valence-corrected chi connectivity index (χ4v) is 5.26. The van der Waals surface area contributed by atoms with Crippen LogP contribution in [0.5, 0.6) is 5.75 Å². The number of ether oxygens (including phenoxy) is 2. The zero-order valence-corrected chi connectivity index (χ0v) is 25.6. The van der Waals surface area contributed by atoms with Crippen LogP contribution in [0.25, 0.3) is 10.9 Å². The van der Waals surface area contributed by atoms with Crippen molar-refractivity contribution in [2.45, 2.75) is 78.5 Å². The molecular formula is C29H38BN3O10. The standard InChI is InChI=1S/C29H38BN3O10/c1-16-12-19(31-28(38)40-29(4,5)6)14-32(13-16)23-11-10-21-24(26(23)39-7)33(20-8-9-20)15-22(25(21)36)27(37)43-30(41-17(2)34)42-18(3)35/h10-11,15-16,19-20H,8-9,12-14H2,1-7H3,(H,31,38)/t16-,19-/m0/s1. The second-order valence-corrected chi connectivity index (χ2v) is 12.0. The summed E-state index contributed by atoms with van der Waals surface area (Å²) in [4.78, 5) is 64.2. The maximum absolute atomic E-state index is 13.6. The zero-order valence-electron chi connectivity index (χ0n) is 25.6. The third-order valence-electron chi connectivity index (χ3n) is 6.94. The highest BCUT2D eigenvalue weighted by molar-refractivity contribution is 6.44. The number of piperidine rings is 1. The number of aromatic nitrogens is 1. The summed E-state index contributed by atoms with van der Waals surface area (Å²) in [7, 11) is -0.415. The molecule has 14 heteroatoms. The second-order valence-electron chi connectivity index (χ2n) is 12.0. The fraction of sp³-hybridized carbons (Fsp3) is 0.552. The van der Waals surface area contributed by atoms with Crippen molar-refractivity contribution < 1.29 is 42.6 Å². The topological polar surface area (TPSA) is 152 Å². The number of carbonyl (C=O) groups excluding carboxylic acids is 4. The van der Waals surface area contributed by atoms with Crippen LogP contribution in [0.1, 0.15) is 77.2 Å². The average molecular weight is 599 g/mol. The van der Waals surface area contributed by atoms with E-state index < -0.39 is 42.4 Å². The maximum atomic E-state index is 13.6. The van der Waals surface area contributed by atoms with Crippen LogP contribution in [0.4, 0.5) is 10.5 Å². The number of amides is 1. The van der Waals surface area contributed by atoms with E-state index in [1.54, 1.807) is 12.1 Å². The van der Waals surface area contributed by atoms with Gasteiger partial charge in [0, 0.05) is 45.2 Å². The molecule has 0 radical (unpaired) electrons. The van der Waals surface area contributed by atoms with E-state index in [1.807, 2.05) is 25.3 Å². The Labute approximate surface area is 249 Å². The van der Waals surface area contributed by atoms with E-state index in [9.17, 15) is 24.0 Å². The number of nitrogens with zero attached hydrogens (tertiary/aromatic N) is 2. The molecule has 1 aliphatic heterocycles. The minimum Gasteiger partial charge on any atom is -0.492 e. The van der Waals surface area contributed by atoms with E-state index in [1.165, 1.54) is 13.3 Å². The lowest BCUT2D eigenvalue weighted by Crippen LogP contribution is -2.51. The molecule has 2 heterocycles. The Kier molecular flexibility index (Phi) is 9.26. The average Bonchev–Trinajstić information content (AvgIpc) is 3.71. The van der Waals surface area contributed by atoms with Gasteiger partial charge in [-0.2, -0.15) is 0 Å². The monoisotopic (exact) mass is 599 g/mol. The van der Waals surface area contributed by atoms with Gasteiger partial charge in [-0.05, 0) is 58.1 Å². The minimum absolute atomic E-state index is 0.0124. The van der Waals surface area contributed by atoms with Gasteiger partial charge in [0.15, 0.2) is 5.75 Å². The van der Waals surface area contributed by atoms with E-state index in [4.69, 9.17) is 23.4 Å². The number of methoxy groups -OCH3 is 1. The van der Waals surface area contributed by atoms with Crippen LogP contribution < -0.4 is 20.4 Å². The molecule has 0 bridgehead atoms. The van der Waals surface area contributed by atoms with E-state index in [0.717, 1.165) is 38.8 Å². The predicted octanol–water partition coefficient (Wildman–Crippen LogP) is 3.35. The normalized spacial score (nSPS) is 18.4. The van der Waals surface area contributed by atoms with Gasteiger partial charge in [-0.15, -0.1) is 0 Å². The SMILES string of the molecule is COc1c(N2C[C@@H](C)C[C@H](NC(=O)OC(C)(C)C)C2)ccc2c(=O)c(C(=O)OB(OC(C)=O)OC(C)=O)cn(C3CC3)c12. The molecule has 4 rings (SSSR count). The molecule has 43 heavy (non-hydrogen) atoms. The summed E-state index contributed by atoms with van der Waals surface area (Å²) in [5, 5.41) is 3.20. The van der Waals surface area contributed by atoms with Gasteiger partial charge in [0.2, 0.25) is 5.43 Å². The van der Waals surface area contributed by atoms with Crippen LogP contribution in [0.2, 0.25) is 0 Å². The van der Waals surface area contributed by atoms with Crippen molar-refractivity contribution in [2.75, 3.05) is 25.1 Å². The number of fused-ring (bicyclic) bond motifs is 1. The lowest BCUT2D eigenvalue weighted by atomic mass is 9.95. The molecule has 1 saturated heterocycles. The van der Waals surface area contributed by atoms with Crippen molar-refractivity contribution in [3.05, 3.63) is 34.1 Å². The van der Waals surface area contributed by atoms with Gasteiger partial charge in [0.25, 0.3) is 11.9 Å². The molecular weight excluding hydrogens is 561 g/mol. The Morgan fingerprint density at radius 3 is 2.21 bits per heavy atom. The fourth-order valence-electron chi connectivity index (χ4n) is 5.26. The first-order valence-corrected chi connectivity index (χ1v) is 14.2. The van der Waals surface area contributed by atoms with Crippen molar-refractivity contribution in [1.82, 2.24) is 9.88 Å². The smallest absolute Gasteiger partial charge is 0.492 e. The number of pyridine rings is 1. The number of nitrogens with one attached hydrogen (secondary N) is 1. The molecule has 2 atom stereocenters. The highest BCUT2D eigenvalue weighted by Crippen LogP contribution is 2.43.